The number of hydrogen-bond acceptors (Lipinski definition) is 1. The summed E-state index contributed by atoms with van der Waals surface area (Å²) in [5.41, 5.74) is 0. The van der Waals surface area contributed by atoms with Crippen molar-refractivity contribution in [3.05, 3.63) is 0 Å². The molecule has 0 fully saturated rings. The molecule has 0 aromatic carbocycles. The first-order valence-corrected chi connectivity index (χ1v) is 0.928. The summed E-state index contributed by atoms with van der Waals surface area (Å²) in [6, 6.07) is 0. The summed E-state index contributed by atoms with van der Waals surface area (Å²) in [6.07, 6.45) is 0. The van der Waals surface area contributed by atoms with Gasteiger partial charge in [-0.1, -0.05) is 0 Å². The number of carbonyl (C=O) groups is 1. The molecule has 5 heteroatoms. The second kappa shape index (κ2) is 15.8. The van der Waals surface area contributed by atoms with Crippen molar-refractivity contribution in [1.82, 2.24) is 0 Å². The van der Waals surface area contributed by atoms with E-state index in [9.17, 15) is 0 Å². The zero-order chi connectivity index (χ0) is 3.58. The Hall–Kier alpha value is 2.50. The van der Waals surface area contributed by atoms with Gasteiger partial charge in [-0.05, 0) is 0 Å². The molecule has 0 unspecified atom stereocenters. The Morgan fingerprint density at radius 1 is 1.71 bits per heavy atom. The molecule has 7 heavy (non-hydrogen) atoms. The second-order valence-corrected chi connectivity index (χ2v) is 0.519. The molecular formula is C2H9CaMgNaO2. The summed E-state index contributed by atoms with van der Waals surface area (Å²) >= 11 is 0. The van der Waals surface area contributed by atoms with Gasteiger partial charge >= 0.3 is 90.3 Å². The van der Waals surface area contributed by atoms with E-state index < -0.39 is 5.97 Å². The second-order valence-electron chi connectivity index (χ2n) is 0.519. The van der Waals surface area contributed by atoms with Gasteiger partial charge in [0.25, 0.3) is 5.97 Å². The van der Waals surface area contributed by atoms with Crippen molar-refractivity contribution >= 4 is 66.8 Å². The maximum atomic E-state index is 9.00. The van der Waals surface area contributed by atoms with Crippen LogP contribution in [0.1, 0.15) is 14.1 Å². The molecule has 0 aromatic heterocycles. The maximum absolute atomic E-state index is 9.00. The van der Waals surface area contributed by atoms with Gasteiger partial charge in [-0.25, -0.2) is 0 Å². The van der Waals surface area contributed by atoms with Gasteiger partial charge < -0.3 is 12.2 Å². The monoisotopic (exact) mass is 152 g/mol. The molecule has 0 rings (SSSR count). The molecule has 2 nitrogen and oxygen atoms in total. The Labute approximate surface area is 118 Å². The fourth-order valence-electron chi connectivity index (χ4n) is 0. The largest absolute Gasteiger partial charge is 2.00 e. The molecule has 0 saturated heterocycles. The predicted molar refractivity (Wildman–Crippen MR) is 30.4 cm³/mol. The van der Waals surface area contributed by atoms with Crippen LogP contribution in [0.2, 0.25) is 0 Å². The summed E-state index contributed by atoms with van der Waals surface area (Å²) in [5, 5.41) is 7.42. The molecule has 0 saturated carbocycles. The number of carboxylic acids is 1. The van der Waals surface area contributed by atoms with E-state index in [0.717, 1.165) is 6.92 Å². The fraction of sp³-hybridized carbons (Fsp3) is 0.500. The molecule has 0 aliphatic rings. The van der Waals surface area contributed by atoms with Crippen molar-refractivity contribution in [2.45, 2.75) is 6.92 Å². The van der Waals surface area contributed by atoms with Crippen molar-refractivity contribution in [3.63, 3.8) is 0 Å². The number of hydrogen-bond donors (Lipinski definition) is 1. The van der Waals surface area contributed by atoms with Crippen molar-refractivity contribution in [3.8, 4) is 0 Å². The van der Waals surface area contributed by atoms with Crippen molar-refractivity contribution in [2.24, 2.45) is 0 Å². The van der Waals surface area contributed by atoms with Crippen LogP contribution in [0, 0.1) is 0 Å². The summed E-state index contributed by atoms with van der Waals surface area (Å²) in [6.45, 7) is 1.08. The predicted octanol–water partition coefficient (Wildman–Crippen LogP) is -3.10. The number of carboxylic acid groups (broad SMARTS) is 1. The molecule has 0 aromatic rings. The van der Waals surface area contributed by atoms with Gasteiger partial charge in [-0.15, -0.1) is 0 Å². The summed E-state index contributed by atoms with van der Waals surface area (Å²) in [5.74, 6) is -0.833. The smallest absolute Gasteiger partial charge is 1.00 e. The van der Waals surface area contributed by atoms with E-state index >= 15 is 0 Å². The first-order valence-electron chi connectivity index (χ1n) is 0.928. The first-order chi connectivity index (χ1) is 1.73. The molecule has 1 N–H and O–H groups in total. The van der Waals surface area contributed by atoms with E-state index in [2.05, 4.69) is 0 Å². The van der Waals surface area contributed by atoms with E-state index in [1.807, 2.05) is 0 Å². The van der Waals surface area contributed by atoms with Gasteiger partial charge in [0.05, 0.1) is 0 Å². The van der Waals surface area contributed by atoms with Gasteiger partial charge in [-0.2, -0.15) is 0 Å². The van der Waals surface area contributed by atoms with E-state index in [1.54, 1.807) is 0 Å². The molecule has 0 spiro atoms. The topological polar surface area (TPSA) is 37.3 Å². The average Bonchev–Trinajstić information content (AvgIpc) is 0.811. The third-order valence-electron chi connectivity index (χ3n) is 0. The maximum Gasteiger partial charge on any atom is 2.00 e. The van der Waals surface area contributed by atoms with Crippen molar-refractivity contribution in [1.29, 1.82) is 0 Å². The minimum Gasteiger partial charge on any atom is -1.00 e. The van der Waals surface area contributed by atoms with Crippen LogP contribution in [0.3, 0.4) is 0 Å². The van der Waals surface area contributed by atoms with Gasteiger partial charge in [-0.3, -0.25) is 4.79 Å². The fourth-order valence-corrected chi connectivity index (χ4v) is 0. The Kier molecular flexibility index (Phi) is 51.2. The van der Waals surface area contributed by atoms with Gasteiger partial charge in [0.15, 0.2) is 0 Å². The normalized spacial score (nSPS) is 3.57. The van der Waals surface area contributed by atoms with Crippen LogP contribution in [0.15, 0.2) is 0 Å². The van der Waals surface area contributed by atoms with Gasteiger partial charge in [0, 0.05) is 6.92 Å². The molecule has 0 amide bonds. The summed E-state index contributed by atoms with van der Waals surface area (Å²) in [4.78, 5) is 9.00. The molecule has 0 bridgehead atoms. The van der Waals surface area contributed by atoms with Crippen LogP contribution in [0.4, 0.5) is 0 Å². The van der Waals surface area contributed by atoms with Crippen LogP contribution in [0.5, 0.6) is 0 Å². The van der Waals surface area contributed by atoms with Crippen LogP contribution < -0.4 is 29.6 Å². The molecule has 0 atom stereocenters. The minimum absolute atomic E-state index is 0. The Balaban J connectivity index is -0.00000000161. The van der Waals surface area contributed by atoms with Gasteiger partial charge in [0.2, 0.25) is 0 Å². The Morgan fingerprint density at radius 2 is 1.71 bits per heavy atom. The third kappa shape index (κ3) is 57.5. The van der Waals surface area contributed by atoms with Crippen LogP contribution in [0.25, 0.3) is 0 Å². The first kappa shape index (κ1) is 22.7. The van der Waals surface area contributed by atoms with E-state index in [0.29, 0.717) is 0 Å². The van der Waals surface area contributed by atoms with Crippen LogP contribution in [-0.4, -0.2) is 71.9 Å². The Bertz CT molecular complexity index is 50.4. The molecule has 0 heterocycles. The van der Waals surface area contributed by atoms with E-state index in [-0.39, 0.29) is 97.5 Å². The van der Waals surface area contributed by atoms with Crippen molar-refractivity contribution in [2.75, 3.05) is 0 Å². The Morgan fingerprint density at radius 3 is 1.71 bits per heavy atom. The zero-order valence-corrected chi connectivity index (χ0v) is 10.4. The van der Waals surface area contributed by atoms with Crippen LogP contribution >= 0.6 is 0 Å². The molecule has 0 aliphatic heterocycles. The standard InChI is InChI=1S/C2H4O2.Ca.Mg.Na.5H/c1-2(3)4;;;;;;;;/h1H3,(H,3,4);;;;;;;;/q;2*+2;+1;5*-1. The zero-order valence-electron chi connectivity index (χ0n) is 9.77. The average molecular weight is 152 g/mol. The van der Waals surface area contributed by atoms with Gasteiger partial charge in [0.1, 0.15) is 0 Å². The number of rotatable bonds is 0. The van der Waals surface area contributed by atoms with E-state index in [1.165, 1.54) is 0 Å². The number of aliphatic carboxylic acids is 1. The van der Waals surface area contributed by atoms with Crippen molar-refractivity contribution < 1.29 is 46.6 Å². The quantitative estimate of drug-likeness (QED) is 0.373. The van der Waals surface area contributed by atoms with Crippen LogP contribution in [-0.2, 0) is 4.79 Å². The molecule has 0 radical (unpaired) electrons. The molecule has 34 valence electrons. The summed E-state index contributed by atoms with van der Waals surface area (Å²) < 4.78 is 0. The van der Waals surface area contributed by atoms with E-state index in [4.69, 9.17) is 9.90 Å². The third-order valence-corrected chi connectivity index (χ3v) is 0. The minimum atomic E-state index is -0.833. The summed E-state index contributed by atoms with van der Waals surface area (Å²) in [7, 11) is 0. The SMILES string of the molecule is CC(=O)O.[Ca+2].[H-].[H-].[H-].[H-].[H-].[Mg+2].[Na+]. The molecular weight excluding hydrogens is 143 g/mol. The molecule has 0 aliphatic carbocycles.